The van der Waals surface area contributed by atoms with Crippen molar-refractivity contribution in [1.29, 1.82) is 0 Å². The summed E-state index contributed by atoms with van der Waals surface area (Å²) < 4.78 is 6.41. The van der Waals surface area contributed by atoms with Gasteiger partial charge in [0.25, 0.3) is 5.91 Å². The molecule has 20 heavy (non-hydrogen) atoms. The molecule has 110 valence electrons. The van der Waals surface area contributed by atoms with Gasteiger partial charge in [0.15, 0.2) is 0 Å². The minimum Gasteiger partial charge on any atom is -0.373 e. The summed E-state index contributed by atoms with van der Waals surface area (Å²) in [6.45, 7) is 3.56. The van der Waals surface area contributed by atoms with E-state index in [9.17, 15) is 9.59 Å². The number of nitrogens with one attached hydrogen (secondary N) is 1. The van der Waals surface area contributed by atoms with Crippen LogP contribution >= 0.6 is 23.1 Å². The van der Waals surface area contributed by atoms with Crippen molar-refractivity contribution in [3.05, 3.63) is 11.1 Å². The highest BCUT2D eigenvalue weighted by molar-refractivity contribution is 8.00. The molecule has 0 bridgehead atoms. The summed E-state index contributed by atoms with van der Waals surface area (Å²) in [4.78, 5) is 29.2. The first-order valence-electron chi connectivity index (χ1n) is 6.25. The third-order valence-corrected chi connectivity index (χ3v) is 4.83. The summed E-state index contributed by atoms with van der Waals surface area (Å²) in [5, 5.41) is 4.54. The Hall–Kier alpha value is -1.12. The van der Waals surface area contributed by atoms with Crippen molar-refractivity contribution in [2.75, 3.05) is 32.5 Å². The van der Waals surface area contributed by atoms with E-state index in [-0.39, 0.29) is 17.9 Å². The maximum absolute atomic E-state index is 11.9. The third-order valence-electron chi connectivity index (χ3n) is 2.96. The Morgan fingerprint density at radius 3 is 3.10 bits per heavy atom. The van der Waals surface area contributed by atoms with Gasteiger partial charge in [-0.15, -0.1) is 11.3 Å². The molecule has 0 aliphatic carbocycles. The van der Waals surface area contributed by atoms with E-state index in [0.717, 1.165) is 4.34 Å². The van der Waals surface area contributed by atoms with Crippen LogP contribution in [-0.2, 0) is 9.53 Å². The van der Waals surface area contributed by atoms with Gasteiger partial charge in [-0.25, -0.2) is 4.98 Å². The second-order valence-electron chi connectivity index (χ2n) is 4.37. The first-order chi connectivity index (χ1) is 9.60. The second-order valence-corrected chi connectivity index (χ2v) is 6.28. The lowest BCUT2D eigenvalue weighted by atomic mass is 10.2. The quantitative estimate of drug-likeness (QED) is 0.834. The molecule has 0 unspecified atom stereocenters. The molecule has 0 saturated carbocycles. The smallest absolute Gasteiger partial charge is 0.270 e. The van der Waals surface area contributed by atoms with Crippen molar-refractivity contribution in [2.24, 2.45) is 0 Å². The molecule has 2 heterocycles. The second kappa shape index (κ2) is 7.05. The predicted octanol–water partition coefficient (Wildman–Crippen LogP) is 0.842. The van der Waals surface area contributed by atoms with Gasteiger partial charge in [0.2, 0.25) is 5.91 Å². The number of thiazole rings is 1. The van der Waals surface area contributed by atoms with Crippen LogP contribution in [0, 0.1) is 0 Å². The Kier molecular flexibility index (Phi) is 5.38. The fraction of sp³-hybridized carbons (Fsp3) is 0.583. The number of morpholine rings is 1. The summed E-state index contributed by atoms with van der Waals surface area (Å²) in [6.07, 6.45) is 1.77. The normalized spacial score (nSPS) is 18.9. The highest BCUT2D eigenvalue weighted by Crippen LogP contribution is 2.19. The van der Waals surface area contributed by atoms with E-state index >= 15 is 0 Å². The highest BCUT2D eigenvalue weighted by atomic mass is 32.2. The third kappa shape index (κ3) is 3.94. The number of hydrogen-bond acceptors (Lipinski definition) is 6. The molecule has 0 radical (unpaired) electrons. The van der Waals surface area contributed by atoms with E-state index in [1.165, 1.54) is 23.1 Å². The molecule has 2 amide bonds. The molecule has 1 aromatic rings. The molecule has 1 aliphatic heterocycles. The monoisotopic (exact) mass is 315 g/mol. The van der Waals surface area contributed by atoms with Crippen molar-refractivity contribution < 1.29 is 14.3 Å². The van der Waals surface area contributed by atoms with Gasteiger partial charge in [0, 0.05) is 31.9 Å². The first-order valence-corrected chi connectivity index (χ1v) is 8.35. The van der Waals surface area contributed by atoms with Crippen molar-refractivity contribution in [1.82, 2.24) is 15.2 Å². The van der Waals surface area contributed by atoms with Crippen LogP contribution in [0.4, 0.5) is 0 Å². The van der Waals surface area contributed by atoms with Gasteiger partial charge in [-0.3, -0.25) is 9.59 Å². The van der Waals surface area contributed by atoms with E-state index in [2.05, 4.69) is 10.3 Å². The zero-order valence-corrected chi connectivity index (χ0v) is 13.1. The number of rotatable bonds is 4. The fourth-order valence-electron chi connectivity index (χ4n) is 1.88. The summed E-state index contributed by atoms with van der Waals surface area (Å²) in [5.41, 5.74) is 0.429. The summed E-state index contributed by atoms with van der Waals surface area (Å²) in [6, 6.07) is 0. The Labute approximate surface area is 125 Å². The largest absolute Gasteiger partial charge is 0.373 e. The van der Waals surface area contributed by atoms with Crippen molar-refractivity contribution in [2.45, 2.75) is 17.4 Å². The predicted molar refractivity (Wildman–Crippen MR) is 78.2 cm³/mol. The van der Waals surface area contributed by atoms with Crippen LogP contribution in [-0.4, -0.2) is 60.3 Å². The molecule has 0 aromatic carbocycles. The van der Waals surface area contributed by atoms with E-state index in [4.69, 9.17) is 4.74 Å². The van der Waals surface area contributed by atoms with Gasteiger partial charge in [0.05, 0.1) is 12.7 Å². The Morgan fingerprint density at radius 2 is 2.45 bits per heavy atom. The lowest BCUT2D eigenvalue weighted by Crippen LogP contribution is -2.49. The van der Waals surface area contributed by atoms with Crippen molar-refractivity contribution in [3.8, 4) is 0 Å². The van der Waals surface area contributed by atoms with E-state index in [1.54, 1.807) is 17.2 Å². The van der Waals surface area contributed by atoms with Crippen LogP contribution in [0.5, 0.6) is 0 Å². The minimum absolute atomic E-state index is 0.0359. The van der Waals surface area contributed by atoms with Crippen molar-refractivity contribution in [3.63, 3.8) is 0 Å². The SMILES string of the molecule is CSc1nc(C(=O)NC[C@@H]2CN(C(C)=O)CCO2)cs1. The Bertz CT molecular complexity index is 492. The van der Waals surface area contributed by atoms with Gasteiger partial charge >= 0.3 is 0 Å². The maximum atomic E-state index is 11.9. The molecule has 1 saturated heterocycles. The number of amides is 2. The number of carbonyl (C=O) groups excluding carboxylic acids is 2. The van der Waals surface area contributed by atoms with Crippen molar-refractivity contribution >= 4 is 34.9 Å². The molecular weight excluding hydrogens is 298 g/mol. The van der Waals surface area contributed by atoms with Gasteiger partial charge in [-0.2, -0.15) is 0 Å². The molecule has 8 heteroatoms. The Morgan fingerprint density at radius 1 is 1.65 bits per heavy atom. The topological polar surface area (TPSA) is 71.5 Å². The molecule has 1 N–H and O–H groups in total. The fourth-order valence-corrected chi connectivity index (χ4v) is 3.12. The number of carbonyl (C=O) groups is 2. The summed E-state index contributed by atoms with van der Waals surface area (Å²) in [5.74, 6) is -0.168. The van der Waals surface area contributed by atoms with Crippen LogP contribution in [0.15, 0.2) is 9.72 Å². The zero-order valence-electron chi connectivity index (χ0n) is 11.4. The molecular formula is C12H17N3O3S2. The lowest BCUT2D eigenvalue weighted by molar-refractivity contribution is -0.136. The van der Waals surface area contributed by atoms with Crippen LogP contribution in [0.2, 0.25) is 0 Å². The zero-order chi connectivity index (χ0) is 14.5. The summed E-state index contributed by atoms with van der Waals surface area (Å²) in [7, 11) is 0. The Balaban J connectivity index is 1.82. The average molecular weight is 315 g/mol. The molecule has 6 nitrogen and oxygen atoms in total. The van der Waals surface area contributed by atoms with Crippen LogP contribution in [0.25, 0.3) is 0 Å². The van der Waals surface area contributed by atoms with E-state index in [1.807, 2.05) is 6.26 Å². The number of hydrogen-bond donors (Lipinski definition) is 1. The van der Waals surface area contributed by atoms with Crippen LogP contribution in [0.1, 0.15) is 17.4 Å². The molecule has 1 atom stereocenters. The molecule has 0 spiro atoms. The van der Waals surface area contributed by atoms with E-state index < -0.39 is 0 Å². The lowest BCUT2D eigenvalue weighted by Gasteiger charge is -2.32. The summed E-state index contributed by atoms with van der Waals surface area (Å²) >= 11 is 2.97. The number of aromatic nitrogens is 1. The van der Waals surface area contributed by atoms with Crippen LogP contribution < -0.4 is 5.32 Å². The molecule has 1 aromatic heterocycles. The molecule has 1 aliphatic rings. The van der Waals surface area contributed by atoms with Crippen LogP contribution in [0.3, 0.4) is 0 Å². The maximum Gasteiger partial charge on any atom is 0.270 e. The van der Waals surface area contributed by atoms with Gasteiger partial charge in [-0.1, -0.05) is 11.8 Å². The number of thioether (sulfide) groups is 1. The number of ether oxygens (including phenoxy) is 1. The standard InChI is InChI=1S/C12H17N3O3S2/c1-8(16)15-3-4-18-9(6-15)5-13-11(17)10-7-20-12(14-10)19-2/h7,9H,3-6H2,1-2H3,(H,13,17)/t9-/m1/s1. The van der Waals surface area contributed by atoms with Gasteiger partial charge < -0.3 is 15.0 Å². The van der Waals surface area contributed by atoms with Gasteiger partial charge in [-0.05, 0) is 6.26 Å². The van der Waals surface area contributed by atoms with Gasteiger partial charge in [0.1, 0.15) is 10.0 Å². The average Bonchev–Trinajstić information content (AvgIpc) is 2.94. The first kappa shape index (κ1) is 15.3. The molecule has 1 fully saturated rings. The minimum atomic E-state index is -0.204. The highest BCUT2D eigenvalue weighted by Gasteiger charge is 2.22. The number of nitrogens with zero attached hydrogens (tertiary/aromatic N) is 2. The molecule has 2 rings (SSSR count). The van der Waals surface area contributed by atoms with E-state index in [0.29, 0.717) is 31.9 Å².